The average molecular weight is 197 g/mol. The van der Waals surface area contributed by atoms with Gasteiger partial charge in [-0.2, -0.15) is 5.26 Å². The first-order chi connectivity index (χ1) is 7.31. The molecule has 0 unspecified atom stereocenters. The van der Waals surface area contributed by atoms with Gasteiger partial charge in [0.2, 0.25) is 0 Å². The van der Waals surface area contributed by atoms with Gasteiger partial charge < -0.3 is 4.98 Å². The smallest absolute Gasteiger partial charge is 0.259 e. The van der Waals surface area contributed by atoms with Crippen LogP contribution in [0, 0.1) is 11.3 Å². The highest BCUT2D eigenvalue weighted by Crippen LogP contribution is 2.05. The summed E-state index contributed by atoms with van der Waals surface area (Å²) in [5.41, 5.74) is 0.428. The highest BCUT2D eigenvalue weighted by atomic mass is 16.1. The zero-order valence-electron chi connectivity index (χ0n) is 7.77. The van der Waals surface area contributed by atoms with Crippen molar-refractivity contribution in [1.82, 2.24) is 9.97 Å². The highest BCUT2D eigenvalue weighted by molar-refractivity contribution is 5.77. The molecule has 0 saturated heterocycles. The zero-order chi connectivity index (χ0) is 10.7. The van der Waals surface area contributed by atoms with Crippen molar-refractivity contribution in [3.05, 3.63) is 46.5 Å². The van der Waals surface area contributed by atoms with Crippen LogP contribution in [0.4, 0.5) is 0 Å². The van der Waals surface area contributed by atoms with Crippen molar-refractivity contribution in [2.24, 2.45) is 0 Å². The molecular weight excluding hydrogens is 190 g/mol. The third-order valence-corrected chi connectivity index (χ3v) is 1.95. The van der Waals surface area contributed by atoms with E-state index in [1.165, 1.54) is 12.2 Å². The van der Waals surface area contributed by atoms with Crippen molar-refractivity contribution in [2.45, 2.75) is 0 Å². The van der Waals surface area contributed by atoms with Crippen LogP contribution in [-0.2, 0) is 0 Å². The van der Waals surface area contributed by atoms with Gasteiger partial charge in [-0.15, -0.1) is 0 Å². The van der Waals surface area contributed by atoms with Crippen molar-refractivity contribution in [3.8, 4) is 6.07 Å². The number of aromatic nitrogens is 2. The fourth-order valence-electron chi connectivity index (χ4n) is 1.30. The van der Waals surface area contributed by atoms with Gasteiger partial charge >= 0.3 is 0 Å². The van der Waals surface area contributed by atoms with E-state index in [-0.39, 0.29) is 5.56 Å². The molecule has 4 nitrogen and oxygen atoms in total. The summed E-state index contributed by atoms with van der Waals surface area (Å²) in [7, 11) is 0. The summed E-state index contributed by atoms with van der Waals surface area (Å²) in [6, 6.07) is 8.90. The highest BCUT2D eigenvalue weighted by Gasteiger charge is 1.99. The summed E-state index contributed by atoms with van der Waals surface area (Å²) < 4.78 is 0. The van der Waals surface area contributed by atoms with Crippen LogP contribution in [0.15, 0.2) is 35.1 Å². The van der Waals surface area contributed by atoms with Gasteiger partial charge in [-0.05, 0) is 18.2 Å². The lowest BCUT2D eigenvalue weighted by atomic mass is 10.2. The lowest BCUT2D eigenvalue weighted by Gasteiger charge is -1.97. The maximum Gasteiger partial charge on any atom is 0.259 e. The van der Waals surface area contributed by atoms with E-state index in [9.17, 15) is 4.79 Å². The summed E-state index contributed by atoms with van der Waals surface area (Å²) in [6.45, 7) is 0. The van der Waals surface area contributed by atoms with Crippen LogP contribution in [0.2, 0.25) is 0 Å². The minimum atomic E-state index is -0.196. The van der Waals surface area contributed by atoms with E-state index < -0.39 is 0 Å². The van der Waals surface area contributed by atoms with Crippen molar-refractivity contribution < 1.29 is 0 Å². The number of nitriles is 1. The molecule has 1 aromatic carbocycles. The Morgan fingerprint density at radius 1 is 1.40 bits per heavy atom. The van der Waals surface area contributed by atoms with Gasteiger partial charge in [-0.25, -0.2) is 4.98 Å². The molecule has 0 aliphatic carbocycles. The van der Waals surface area contributed by atoms with Gasteiger partial charge in [-0.1, -0.05) is 12.1 Å². The number of H-pyrrole nitrogens is 1. The second kappa shape index (κ2) is 3.76. The standard InChI is InChI=1S/C11H7N3O/c12-7-3-6-10-13-9-5-2-1-4-8(9)11(15)14-10/h1-6H,(H,13,14,15)/b6-3+. The Morgan fingerprint density at radius 2 is 2.20 bits per heavy atom. The molecule has 0 spiro atoms. The van der Waals surface area contributed by atoms with E-state index in [0.717, 1.165) is 0 Å². The summed E-state index contributed by atoms with van der Waals surface area (Å²) in [6.07, 6.45) is 2.74. The Bertz CT molecular complexity index is 620. The number of nitrogens with zero attached hydrogens (tertiary/aromatic N) is 2. The normalized spacial score (nSPS) is 10.6. The third-order valence-electron chi connectivity index (χ3n) is 1.95. The molecule has 1 heterocycles. The Kier molecular flexibility index (Phi) is 2.30. The van der Waals surface area contributed by atoms with E-state index in [0.29, 0.717) is 16.7 Å². The second-order valence-electron chi connectivity index (χ2n) is 2.93. The molecule has 0 aliphatic heterocycles. The van der Waals surface area contributed by atoms with Gasteiger partial charge in [0.25, 0.3) is 5.56 Å². The molecule has 15 heavy (non-hydrogen) atoms. The lowest BCUT2D eigenvalue weighted by molar-refractivity contribution is 1.14. The lowest BCUT2D eigenvalue weighted by Crippen LogP contribution is -2.09. The Balaban J connectivity index is 2.69. The van der Waals surface area contributed by atoms with Crippen molar-refractivity contribution >= 4 is 17.0 Å². The molecule has 0 aliphatic rings. The summed E-state index contributed by atoms with van der Waals surface area (Å²) in [5, 5.41) is 8.90. The zero-order valence-corrected chi connectivity index (χ0v) is 7.77. The van der Waals surface area contributed by atoms with Crippen molar-refractivity contribution in [3.63, 3.8) is 0 Å². The quantitative estimate of drug-likeness (QED) is 0.703. The molecule has 0 saturated carbocycles. The van der Waals surface area contributed by atoms with E-state index in [1.807, 2.05) is 12.1 Å². The number of fused-ring (bicyclic) bond motifs is 1. The monoisotopic (exact) mass is 197 g/mol. The first-order valence-corrected chi connectivity index (χ1v) is 4.36. The van der Waals surface area contributed by atoms with E-state index >= 15 is 0 Å². The topological polar surface area (TPSA) is 69.5 Å². The van der Waals surface area contributed by atoms with Crippen LogP contribution in [0.3, 0.4) is 0 Å². The molecule has 0 bridgehead atoms. The number of rotatable bonds is 1. The predicted octanol–water partition coefficient (Wildman–Crippen LogP) is 1.46. The first-order valence-electron chi connectivity index (χ1n) is 4.36. The van der Waals surface area contributed by atoms with Gasteiger partial charge in [0.05, 0.1) is 17.0 Å². The summed E-state index contributed by atoms with van der Waals surface area (Å²) >= 11 is 0. The molecular formula is C11H7N3O. The largest absolute Gasteiger partial charge is 0.306 e. The fraction of sp³-hybridized carbons (Fsp3) is 0. The molecule has 0 amide bonds. The SMILES string of the molecule is N#C/C=C/c1nc2ccccc2c(=O)[nH]1. The minimum Gasteiger partial charge on any atom is -0.306 e. The van der Waals surface area contributed by atoms with Crippen LogP contribution in [-0.4, -0.2) is 9.97 Å². The second-order valence-corrected chi connectivity index (χ2v) is 2.93. The number of hydrogen-bond donors (Lipinski definition) is 1. The van der Waals surface area contributed by atoms with Crippen LogP contribution < -0.4 is 5.56 Å². The molecule has 1 aromatic heterocycles. The number of hydrogen-bond acceptors (Lipinski definition) is 3. The van der Waals surface area contributed by atoms with Crippen LogP contribution in [0.1, 0.15) is 5.82 Å². The molecule has 2 rings (SSSR count). The Morgan fingerprint density at radius 3 is 3.00 bits per heavy atom. The Hall–Kier alpha value is -2.41. The Labute approximate surface area is 85.5 Å². The number of nitrogens with one attached hydrogen (secondary N) is 1. The van der Waals surface area contributed by atoms with Crippen LogP contribution in [0.25, 0.3) is 17.0 Å². The first kappa shape index (κ1) is 9.16. The maximum atomic E-state index is 11.6. The predicted molar refractivity (Wildman–Crippen MR) is 57.0 cm³/mol. The molecule has 4 heteroatoms. The summed E-state index contributed by atoms with van der Waals surface area (Å²) in [5.74, 6) is 0.389. The molecule has 72 valence electrons. The number of benzene rings is 1. The van der Waals surface area contributed by atoms with E-state index in [2.05, 4.69) is 9.97 Å². The molecule has 0 radical (unpaired) electrons. The van der Waals surface area contributed by atoms with Crippen molar-refractivity contribution in [1.29, 1.82) is 5.26 Å². The summed E-state index contributed by atoms with van der Waals surface area (Å²) in [4.78, 5) is 18.3. The minimum absolute atomic E-state index is 0.196. The number of allylic oxidation sites excluding steroid dienone is 1. The molecule has 2 aromatic rings. The third kappa shape index (κ3) is 1.76. The van der Waals surface area contributed by atoms with E-state index in [4.69, 9.17) is 5.26 Å². The number of aromatic amines is 1. The van der Waals surface area contributed by atoms with Gasteiger partial charge in [0, 0.05) is 6.08 Å². The van der Waals surface area contributed by atoms with Crippen LogP contribution in [0.5, 0.6) is 0 Å². The van der Waals surface area contributed by atoms with Gasteiger partial charge in [-0.3, -0.25) is 4.79 Å². The van der Waals surface area contributed by atoms with Gasteiger partial charge in [0.15, 0.2) is 0 Å². The molecule has 1 N–H and O–H groups in total. The van der Waals surface area contributed by atoms with Crippen molar-refractivity contribution in [2.75, 3.05) is 0 Å². The fourth-order valence-corrected chi connectivity index (χ4v) is 1.30. The number of para-hydroxylation sites is 1. The van der Waals surface area contributed by atoms with Gasteiger partial charge in [0.1, 0.15) is 5.82 Å². The molecule has 0 fully saturated rings. The molecule has 0 atom stereocenters. The maximum absolute atomic E-state index is 11.6. The average Bonchev–Trinajstić information content (AvgIpc) is 2.26. The van der Waals surface area contributed by atoms with Crippen LogP contribution >= 0.6 is 0 Å². The van der Waals surface area contributed by atoms with E-state index in [1.54, 1.807) is 18.2 Å².